The number of aliphatic hydroxyl groups excluding tert-OH is 1. The van der Waals surface area contributed by atoms with E-state index in [0.29, 0.717) is 41.2 Å². The molecule has 1 aromatic heterocycles. The number of nitrogens with one attached hydrogen (secondary N) is 1. The smallest absolute Gasteiger partial charge is 0.386 e. The number of hydrogen-bond acceptors (Lipinski definition) is 4. The van der Waals surface area contributed by atoms with Crippen molar-refractivity contribution in [1.29, 1.82) is 0 Å². The molecule has 1 fully saturated rings. The van der Waals surface area contributed by atoms with Crippen molar-refractivity contribution in [2.45, 2.75) is 43.7 Å². The van der Waals surface area contributed by atoms with Crippen LogP contribution in [-0.2, 0) is 16.5 Å². The minimum atomic E-state index is -4.37. The van der Waals surface area contributed by atoms with E-state index in [2.05, 4.69) is 5.32 Å². The lowest BCUT2D eigenvalue weighted by Gasteiger charge is -2.43. The number of halogens is 3. The van der Waals surface area contributed by atoms with Crippen molar-refractivity contribution in [2.24, 2.45) is 0 Å². The van der Waals surface area contributed by atoms with Crippen LogP contribution in [0, 0.1) is 0 Å². The Kier molecular flexibility index (Phi) is 3.36. The molecule has 1 saturated heterocycles. The molecule has 3 heterocycles. The maximum absolute atomic E-state index is 12.9. The van der Waals surface area contributed by atoms with Crippen LogP contribution in [0.1, 0.15) is 41.2 Å². The molecule has 0 saturated carbocycles. The quantitative estimate of drug-likeness (QED) is 0.774. The summed E-state index contributed by atoms with van der Waals surface area (Å²) in [5.41, 5.74) is -0.282. The number of thiophene rings is 1. The van der Waals surface area contributed by atoms with Crippen LogP contribution in [0.3, 0.4) is 0 Å². The van der Waals surface area contributed by atoms with E-state index in [0.717, 1.165) is 6.07 Å². The predicted molar refractivity (Wildman–Crippen MR) is 68.6 cm³/mol. The highest BCUT2D eigenvalue weighted by atomic mass is 32.1. The molecule has 3 atom stereocenters. The summed E-state index contributed by atoms with van der Waals surface area (Å²) in [5, 5.41) is 13.2. The number of rotatable bonds is 0. The average molecular weight is 307 g/mol. The average Bonchev–Trinajstić information content (AvgIpc) is 2.81. The molecule has 20 heavy (non-hydrogen) atoms. The van der Waals surface area contributed by atoms with Gasteiger partial charge in [-0.15, -0.1) is 11.3 Å². The Balaban J connectivity index is 2.06. The number of alkyl halides is 3. The topological polar surface area (TPSA) is 41.5 Å². The maximum Gasteiger partial charge on any atom is 0.425 e. The zero-order chi connectivity index (χ0) is 14.5. The molecule has 2 N–H and O–H groups in total. The van der Waals surface area contributed by atoms with E-state index in [-0.39, 0.29) is 12.6 Å². The van der Waals surface area contributed by atoms with Crippen LogP contribution in [0.2, 0.25) is 0 Å². The molecular formula is C13H16F3NO2S. The van der Waals surface area contributed by atoms with Gasteiger partial charge in [0, 0.05) is 16.5 Å². The lowest BCUT2D eigenvalue weighted by Crippen LogP contribution is -2.48. The van der Waals surface area contributed by atoms with Crippen LogP contribution in [0.5, 0.6) is 0 Å². The van der Waals surface area contributed by atoms with Crippen molar-refractivity contribution < 1.29 is 23.0 Å². The molecule has 0 aromatic carbocycles. The molecule has 0 aliphatic carbocycles. The Bertz CT molecular complexity index is 516. The van der Waals surface area contributed by atoms with E-state index in [1.165, 1.54) is 0 Å². The van der Waals surface area contributed by atoms with Crippen molar-refractivity contribution in [3.8, 4) is 0 Å². The van der Waals surface area contributed by atoms with Gasteiger partial charge < -0.3 is 15.2 Å². The third-order valence-corrected chi connectivity index (χ3v) is 5.37. The van der Waals surface area contributed by atoms with E-state index < -0.39 is 22.8 Å². The van der Waals surface area contributed by atoms with E-state index in [4.69, 9.17) is 4.74 Å². The van der Waals surface area contributed by atoms with Crippen molar-refractivity contribution in [3.63, 3.8) is 0 Å². The lowest BCUT2D eigenvalue weighted by atomic mass is 9.82. The number of piperidine rings is 1. The van der Waals surface area contributed by atoms with Crippen molar-refractivity contribution >= 4 is 11.3 Å². The summed E-state index contributed by atoms with van der Waals surface area (Å²) in [6, 6.07) is 1.27. The first-order valence-corrected chi connectivity index (χ1v) is 7.40. The minimum absolute atomic E-state index is 0.0632. The fourth-order valence-electron chi connectivity index (χ4n) is 3.07. The van der Waals surface area contributed by atoms with Gasteiger partial charge in [0.1, 0.15) is 16.6 Å². The van der Waals surface area contributed by atoms with Crippen LogP contribution in [0.4, 0.5) is 13.2 Å². The number of ether oxygens (including phenoxy) is 1. The van der Waals surface area contributed by atoms with Crippen LogP contribution in [0.15, 0.2) is 6.07 Å². The molecule has 7 heteroatoms. The van der Waals surface area contributed by atoms with Gasteiger partial charge in [0.15, 0.2) is 0 Å². The van der Waals surface area contributed by atoms with Gasteiger partial charge in [-0.25, -0.2) is 0 Å². The summed E-state index contributed by atoms with van der Waals surface area (Å²) in [4.78, 5) is -0.102. The highest BCUT2D eigenvalue weighted by molar-refractivity contribution is 7.12. The largest absolute Gasteiger partial charge is 0.425 e. The fourth-order valence-corrected chi connectivity index (χ4v) is 4.33. The van der Waals surface area contributed by atoms with Crippen LogP contribution >= 0.6 is 11.3 Å². The van der Waals surface area contributed by atoms with Crippen LogP contribution in [-0.4, -0.2) is 24.3 Å². The van der Waals surface area contributed by atoms with Gasteiger partial charge in [-0.2, -0.15) is 13.2 Å². The predicted octanol–water partition coefficient (Wildman–Crippen LogP) is 2.80. The van der Waals surface area contributed by atoms with Gasteiger partial charge in [0.25, 0.3) is 0 Å². The van der Waals surface area contributed by atoms with E-state index in [1.807, 2.05) is 6.92 Å². The molecule has 0 bridgehead atoms. The molecule has 112 valence electrons. The molecule has 3 nitrogen and oxygen atoms in total. The summed E-state index contributed by atoms with van der Waals surface area (Å²) < 4.78 is 44.5. The zero-order valence-electron chi connectivity index (χ0n) is 11.0. The molecule has 1 unspecified atom stereocenters. The SMILES string of the molecule is C[C@H]1C[C@@]2(CCN1)OCC(O)c1cc(C(F)(F)F)sc12. The van der Waals surface area contributed by atoms with Gasteiger partial charge in [-0.05, 0) is 32.4 Å². The Morgan fingerprint density at radius 2 is 2.25 bits per heavy atom. The third kappa shape index (κ3) is 2.26. The van der Waals surface area contributed by atoms with Gasteiger partial charge in [-0.1, -0.05) is 0 Å². The molecule has 1 aromatic rings. The molecule has 3 rings (SSSR count). The van der Waals surface area contributed by atoms with Gasteiger partial charge in [0.2, 0.25) is 0 Å². The molecule has 2 aliphatic rings. The summed E-state index contributed by atoms with van der Waals surface area (Å²) in [5.74, 6) is 0. The molecular weight excluding hydrogens is 291 g/mol. The van der Waals surface area contributed by atoms with Gasteiger partial charge >= 0.3 is 6.18 Å². The maximum atomic E-state index is 12.9. The Hall–Kier alpha value is -0.630. The number of hydrogen-bond donors (Lipinski definition) is 2. The van der Waals surface area contributed by atoms with Gasteiger partial charge in [0.05, 0.1) is 6.61 Å². The standard InChI is InChI=1S/C13H16F3NO2S/c1-7-5-12(2-3-17-7)11-8(9(18)6-19-12)4-10(20-11)13(14,15)16/h4,7,9,17-18H,2-3,5-6H2,1H3/t7-,9?,12+/m0/s1. The van der Waals surface area contributed by atoms with E-state index >= 15 is 0 Å². The zero-order valence-corrected chi connectivity index (χ0v) is 11.8. The third-order valence-electron chi connectivity index (χ3n) is 3.99. The Morgan fingerprint density at radius 1 is 1.50 bits per heavy atom. The lowest BCUT2D eigenvalue weighted by molar-refractivity contribution is -0.134. The number of aliphatic hydroxyl groups is 1. The van der Waals surface area contributed by atoms with Crippen molar-refractivity contribution in [1.82, 2.24) is 5.32 Å². The van der Waals surface area contributed by atoms with Crippen LogP contribution < -0.4 is 5.32 Å². The summed E-state index contributed by atoms with van der Waals surface area (Å²) in [6.45, 7) is 2.76. The second-order valence-corrected chi connectivity index (χ2v) is 6.58. The summed E-state index contributed by atoms with van der Waals surface area (Å²) in [6.07, 6.45) is -4.07. The first-order valence-electron chi connectivity index (χ1n) is 6.59. The molecule has 1 spiro atoms. The molecule has 2 aliphatic heterocycles. The Morgan fingerprint density at radius 3 is 2.90 bits per heavy atom. The molecule has 0 amide bonds. The fraction of sp³-hybridized carbons (Fsp3) is 0.692. The minimum Gasteiger partial charge on any atom is -0.386 e. The van der Waals surface area contributed by atoms with E-state index in [1.54, 1.807) is 0 Å². The van der Waals surface area contributed by atoms with Crippen molar-refractivity contribution in [2.75, 3.05) is 13.2 Å². The second kappa shape index (κ2) is 4.69. The highest BCUT2D eigenvalue weighted by Gasteiger charge is 2.47. The molecule has 0 radical (unpaired) electrons. The second-order valence-electron chi connectivity index (χ2n) is 5.52. The first kappa shape index (κ1) is 14.3. The van der Waals surface area contributed by atoms with Crippen LogP contribution in [0.25, 0.3) is 0 Å². The summed E-state index contributed by atoms with van der Waals surface area (Å²) in [7, 11) is 0. The van der Waals surface area contributed by atoms with Gasteiger partial charge in [-0.3, -0.25) is 0 Å². The number of fused-ring (bicyclic) bond motifs is 2. The summed E-state index contributed by atoms with van der Waals surface area (Å²) >= 11 is 0.716. The highest BCUT2D eigenvalue weighted by Crippen LogP contribution is 2.50. The first-order chi connectivity index (χ1) is 9.32. The normalized spacial score (nSPS) is 34.2. The Labute approximate surface area is 118 Å². The monoisotopic (exact) mass is 307 g/mol. The van der Waals surface area contributed by atoms with E-state index in [9.17, 15) is 18.3 Å². The van der Waals surface area contributed by atoms with Crippen molar-refractivity contribution in [3.05, 3.63) is 21.4 Å².